The summed E-state index contributed by atoms with van der Waals surface area (Å²) in [4.78, 5) is 13.1. The monoisotopic (exact) mass is 281 g/mol. The lowest BCUT2D eigenvalue weighted by molar-refractivity contribution is -0.137. The lowest BCUT2D eigenvalue weighted by atomic mass is 9.84. The van der Waals surface area contributed by atoms with Crippen LogP contribution in [-0.2, 0) is 11.3 Å². The van der Waals surface area contributed by atoms with Gasteiger partial charge in [0.25, 0.3) is 0 Å². The van der Waals surface area contributed by atoms with Crippen LogP contribution in [0.2, 0.25) is 0 Å². The van der Waals surface area contributed by atoms with E-state index in [1.165, 1.54) is 16.7 Å². The van der Waals surface area contributed by atoms with Crippen LogP contribution in [-0.4, -0.2) is 29.1 Å². The van der Waals surface area contributed by atoms with E-state index in [4.69, 9.17) is 5.11 Å². The Balaban J connectivity index is 1.89. The van der Waals surface area contributed by atoms with E-state index >= 15 is 0 Å². The average molecular weight is 281 g/mol. The molecule has 0 aromatic heterocycles. The van der Waals surface area contributed by atoms with Crippen molar-refractivity contribution in [1.29, 1.82) is 0 Å². The molecule has 0 radical (unpaired) electrons. The molecular formula is C18H19NO2. The molecule has 0 saturated carbocycles. The Morgan fingerprint density at radius 3 is 2.57 bits per heavy atom. The van der Waals surface area contributed by atoms with Crippen molar-refractivity contribution in [3.8, 4) is 0 Å². The first-order chi connectivity index (χ1) is 10.2. The normalized spacial score (nSPS) is 18.2. The number of aliphatic carboxylic acids is 1. The molecule has 0 spiro atoms. The van der Waals surface area contributed by atoms with Crippen molar-refractivity contribution in [3.05, 3.63) is 71.3 Å². The molecule has 0 aliphatic carbocycles. The molecule has 0 fully saturated rings. The van der Waals surface area contributed by atoms with E-state index in [2.05, 4.69) is 53.4 Å². The highest BCUT2D eigenvalue weighted by Crippen LogP contribution is 2.33. The summed E-state index contributed by atoms with van der Waals surface area (Å²) in [5, 5.41) is 8.90. The summed E-state index contributed by atoms with van der Waals surface area (Å²) in [6.45, 7) is 2.33. The van der Waals surface area contributed by atoms with Gasteiger partial charge in [-0.25, -0.2) is 0 Å². The fraction of sp³-hybridized carbons (Fsp3) is 0.278. The lowest BCUT2D eigenvalue weighted by Gasteiger charge is -2.34. The van der Waals surface area contributed by atoms with Gasteiger partial charge in [0.2, 0.25) is 0 Å². The second-order valence-corrected chi connectivity index (χ2v) is 5.54. The van der Waals surface area contributed by atoms with E-state index in [9.17, 15) is 4.79 Å². The van der Waals surface area contributed by atoms with Crippen LogP contribution in [0.3, 0.4) is 0 Å². The molecule has 1 N–H and O–H groups in total. The number of hydrogen-bond acceptors (Lipinski definition) is 2. The Kier molecular flexibility index (Phi) is 4.02. The van der Waals surface area contributed by atoms with Gasteiger partial charge in [-0.15, -0.1) is 0 Å². The van der Waals surface area contributed by atoms with Gasteiger partial charge >= 0.3 is 5.97 Å². The fourth-order valence-electron chi connectivity index (χ4n) is 3.07. The van der Waals surface area contributed by atoms with Gasteiger partial charge in [0, 0.05) is 25.6 Å². The first-order valence-corrected chi connectivity index (χ1v) is 7.31. The summed E-state index contributed by atoms with van der Waals surface area (Å²) in [7, 11) is 0. The van der Waals surface area contributed by atoms with Crippen molar-refractivity contribution < 1.29 is 9.90 Å². The second-order valence-electron chi connectivity index (χ2n) is 5.54. The van der Waals surface area contributed by atoms with Crippen LogP contribution >= 0.6 is 0 Å². The molecule has 1 heterocycles. The van der Waals surface area contributed by atoms with Crippen LogP contribution in [0.25, 0.3) is 0 Å². The molecule has 3 heteroatoms. The first kappa shape index (κ1) is 13.8. The number of nitrogens with zero attached hydrogens (tertiary/aromatic N) is 1. The number of fused-ring (bicyclic) bond motifs is 1. The van der Waals surface area contributed by atoms with Crippen LogP contribution in [0.5, 0.6) is 0 Å². The van der Waals surface area contributed by atoms with Gasteiger partial charge in [-0.1, -0.05) is 54.6 Å². The van der Waals surface area contributed by atoms with Gasteiger partial charge in [0.05, 0.1) is 6.42 Å². The van der Waals surface area contributed by atoms with E-state index in [-0.39, 0.29) is 6.42 Å². The van der Waals surface area contributed by atoms with Crippen LogP contribution in [0.1, 0.15) is 29.0 Å². The molecule has 3 rings (SSSR count). The van der Waals surface area contributed by atoms with E-state index in [0.29, 0.717) is 12.5 Å². The maximum Gasteiger partial charge on any atom is 0.304 e. The SMILES string of the molecule is O=C(O)CCN1Cc2ccccc2C(c2ccccc2)C1. The third-order valence-electron chi connectivity index (χ3n) is 4.11. The number of hydrogen-bond donors (Lipinski definition) is 1. The predicted octanol–water partition coefficient (Wildman–Crippen LogP) is 3.11. The molecule has 108 valence electrons. The summed E-state index contributed by atoms with van der Waals surface area (Å²) >= 11 is 0. The topological polar surface area (TPSA) is 40.5 Å². The minimum Gasteiger partial charge on any atom is -0.481 e. The highest BCUT2D eigenvalue weighted by atomic mass is 16.4. The third kappa shape index (κ3) is 3.14. The van der Waals surface area contributed by atoms with Crippen molar-refractivity contribution in [2.75, 3.05) is 13.1 Å². The van der Waals surface area contributed by atoms with Crippen LogP contribution < -0.4 is 0 Å². The minimum absolute atomic E-state index is 0.198. The van der Waals surface area contributed by atoms with Crippen LogP contribution in [0.15, 0.2) is 54.6 Å². The molecule has 3 nitrogen and oxygen atoms in total. The van der Waals surface area contributed by atoms with Crippen molar-refractivity contribution in [1.82, 2.24) is 4.90 Å². The molecular weight excluding hydrogens is 262 g/mol. The largest absolute Gasteiger partial charge is 0.481 e. The number of carboxylic acids is 1. The van der Waals surface area contributed by atoms with E-state index in [0.717, 1.165) is 13.1 Å². The summed E-state index contributed by atoms with van der Waals surface area (Å²) in [6.07, 6.45) is 0.198. The van der Waals surface area contributed by atoms with Gasteiger partial charge in [-0.05, 0) is 16.7 Å². The van der Waals surface area contributed by atoms with E-state index < -0.39 is 5.97 Å². The Morgan fingerprint density at radius 2 is 1.81 bits per heavy atom. The molecule has 21 heavy (non-hydrogen) atoms. The highest BCUT2D eigenvalue weighted by Gasteiger charge is 2.26. The van der Waals surface area contributed by atoms with Gasteiger partial charge in [0.1, 0.15) is 0 Å². The highest BCUT2D eigenvalue weighted by molar-refractivity contribution is 5.66. The lowest BCUT2D eigenvalue weighted by Crippen LogP contribution is -2.35. The van der Waals surface area contributed by atoms with Crippen molar-refractivity contribution in [3.63, 3.8) is 0 Å². The first-order valence-electron chi connectivity index (χ1n) is 7.31. The van der Waals surface area contributed by atoms with E-state index in [1.807, 2.05) is 6.07 Å². The molecule has 1 aliphatic heterocycles. The standard InChI is InChI=1S/C18H19NO2/c20-18(21)10-11-19-12-15-8-4-5-9-16(15)17(13-19)14-6-2-1-3-7-14/h1-9,17H,10-13H2,(H,20,21). The molecule has 0 amide bonds. The summed E-state index contributed by atoms with van der Waals surface area (Å²) in [6, 6.07) is 19.0. The smallest absolute Gasteiger partial charge is 0.304 e. The van der Waals surface area contributed by atoms with E-state index in [1.54, 1.807) is 0 Å². The molecule has 1 aliphatic rings. The minimum atomic E-state index is -0.731. The van der Waals surface area contributed by atoms with Gasteiger partial charge in [0.15, 0.2) is 0 Å². The molecule has 0 bridgehead atoms. The van der Waals surface area contributed by atoms with Crippen molar-refractivity contribution in [2.45, 2.75) is 18.9 Å². The number of rotatable bonds is 4. The molecule has 1 unspecified atom stereocenters. The molecule has 2 aromatic carbocycles. The van der Waals surface area contributed by atoms with Crippen molar-refractivity contribution >= 4 is 5.97 Å². The van der Waals surface area contributed by atoms with Gasteiger partial charge < -0.3 is 5.11 Å². The van der Waals surface area contributed by atoms with Crippen molar-refractivity contribution in [2.24, 2.45) is 0 Å². The third-order valence-corrected chi connectivity index (χ3v) is 4.11. The fourth-order valence-corrected chi connectivity index (χ4v) is 3.07. The Bertz CT molecular complexity index is 624. The number of carboxylic acid groups (broad SMARTS) is 1. The number of carbonyl (C=O) groups is 1. The maximum absolute atomic E-state index is 10.8. The Morgan fingerprint density at radius 1 is 1.10 bits per heavy atom. The zero-order chi connectivity index (χ0) is 14.7. The van der Waals surface area contributed by atoms with Crippen LogP contribution in [0, 0.1) is 0 Å². The maximum atomic E-state index is 10.8. The number of benzene rings is 2. The zero-order valence-electron chi connectivity index (χ0n) is 11.9. The van der Waals surface area contributed by atoms with Gasteiger partial charge in [-0.2, -0.15) is 0 Å². The van der Waals surface area contributed by atoms with Gasteiger partial charge in [-0.3, -0.25) is 9.69 Å². The zero-order valence-corrected chi connectivity index (χ0v) is 11.9. The molecule has 1 atom stereocenters. The molecule has 0 saturated heterocycles. The van der Waals surface area contributed by atoms with Crippen LogP contribution in [0.4, 0.5) is 0 Å². The average Bonchev–Trinajstić information content (AvgIpc) is 2.53. The predicted molar refractivity (Wildman–Crippen MR) is 82.3 cm³/mol. The Labute approximate surface area is 124 Å². The molecule has 2 aromatic rings. The second kappa shape index (κ2) is 6.10. The summed E-state index contributed by atoms with van der Waals surface area (Å²) in [5.74, 6) is -0.407. The quantitative estimate of drug-likeness (QED) is 0.936. The Hall–Kier alpha value is -2.13. The summed E-state index contributed by atoms with van der Waals surface area (Å²) < 4.78 is 0. The summed E-state index contributed by atoms with van der Waals surface area (Å²) in [5.41, 5.74) is 3.98.